The summed E-state index contributed by atoms with van der Waals surface area (Å²) in [6.07, 6.45) is 1.40. The van der Waals surface area contributed by atoms with Crippen LogP contribution >= 0.6 is 0 Å². The fraction of sp³-hybridized carbons (Fsp3) is 0.250. The van der Waals surface area contributed by atoms with Gasteiger partial charge in [-0.1, -0.05) is 0 Å². The van der Waals surface area contributed by atoms with E-state index in [-0.39, 0.29) is 6.17 Å². The van der Waals surface area contributed by atoms with Gasteiger partial charge in [0.2, 0.25) is 5.96 Å². The molecule has 0 fully saturated rings. The molecule has 1 aromatic heterocycles. The highest BCUT2D eigenvalue weighted by molar-refractivity contribution is 6.05. The third-order valence-corrected chi connectivity index (χ3v) is 1.65. The molecule has 0 spiro atoms. The largest absolute Gasteiger partial charge is 0.449 e. The first kappa shape index (κ1) is 8.61. The van der Waals surface area contributed by atoms with Gasteiger partial charge in [0.05, 0.1) is 6.26 Å². The fourth-order valence-electron chi connectivity index (χ4n) is 1.13. The van der Waals surface area contributed by atoms with Gasteiger partial charge in [0.1, 0.15) is 6.17 Å². The minimum Gasteiger partial charge on any atom is -0.449 e. The first-order valence-corrected chi connectivity index (χ1v) is 4.22. The van der Waals surface area contributed by atoms with E-state index < -0.39 is 0 Å². The SMILES string of the molecule is CC1N=C(N)NC(Nc2ccco2)=N1. The molecule has 2 heterocycles. The summed E-state index contributed by atoms with van der Waals surface area (Å²) in [4.78, 5) is 8.16. The lowest BCUT2D eigenvalue weighted by Gasteiger charge is -2.16. The van der Waals surface area contributed by atoms with Crippen molar-refractivity contribution in [2.24, 2.45) is 15.7 Å². The summed E-state index contributed by atoms with van der Waals surface area (Å²) in [5.74, 6) is 1.50. The number of furan rings is 1. The molecule has 0 bridgehead atoms. The summed E-state index contributed by atoms with van der Waals surface area (Å²) in [5, 5.41) is 5.72. The van der Waals surface area contributed by atoms with Gasteiger partial charge in [-0.05, 0) is 13.0 Å². The monoisotopic (exact) mass is 193 g/mol. The van der Waals surface area contributed by atoms with Crippen molar-refractivity contribution >= 4 is 17.8 Å². The van der Waals surface area contributed by atoms with Gasteiger partial charge < -0.3 is 10.2 Å². The minimum absolute atomic E-state index is 0.172. The molecular formula is C8H11N5O. The zero-order valence-corrected chi connectivity index (χ0v) is 7.69. The van der Waals surface area contributed by atoms with E-state index in [2.05, 4.69) is 20.6 Å². The molecule has 0 aliphatic carbocycles. The Balaban J connectivity index is 2.06. The van der Waals surface area contributed by atoms with Gasteiger partial charge in [-0.25, -0.2) is 9.98 Å². The Labute approximate surface area is 80.9 Å². The predicted molar refractivity (Wildman–Crippen MR) is 54.0 cm³/mol. The second-order valence-corrected chi connectivity index (χ2v) is 2.85. The molecule has 2 rings (SSSR count). The predicted octanol–water partition coefficient (Wildman–Crippen LogP) is 0.311. The maximum Gasteiger partial charge on any atom is 0.207 e. The molecule has 14 heavy (non-hydrogen) atoms. The molecule has 0 saturated carbocycles. The highest BCUT2D eigenvalue weighted by Gasteiger charge is 2.11. The molecule has 0 aromatic carbocycles. The molecule has 6 heteroatoms. The number of nitrogens with two attached hydrogens (primary N) is 1. The Bertz CT molecular complexity index is 367. The number of nitrogens with one attached hydrogen (secondary N) is 2. The topological polar surface area (TPSA) is 87.9 Å². The van der Waals surface area contributed by atoms with Crippen LogP contribution in [0.2, 0.25) is 0 Å². The van der Waals surface area contributed by atoms with Crippen molar-refractivity contribution in [1.82, 2.24) is 5.32 Å². The molecule has 1 atom stereocenters. The van der Waals surface area contributed by atoms with E-state index in [0.717, 1.165) is 0 Å². The van der Waals surface area contributed by atoms with Crippen molar-refractivity contribution in [2.45, 2.75) is 13.1 Å². The highest BCUT2D eigenvalue weighted by Crippen LogP contribution is 2.07. The van der Waals surface area contributed by atoms with Crippen LogP contribution in [0, 0.1) is 0 Å². The van der Waals surface area contributed by atoms with E-state index >= 15 is 0 Å². The molecule has 0 amide bonds. The Kier molecular flexibility index (Phi) is 2.10. The fourth-order valence-corrected chi connectivity index (χ4v) is 1.13. The van der Waals surface area contributed by atoms with Crippen LogP contribution in [0.15, 0.2) is 32.8 Å². The van der Waals surface area contributed by atoms with Gasteiger partial charge in [0.15, 0.2) is 11.8 Å². The van der Waals surface area contributed by atoms with Crippen LogP contribution in [-0.4, -0.2) is 18.1 Å². The Morgan fingerprint density at radius 2 is 2.43 bits per heavy atom. The quantitative estimate of drug-likeness (QED) is 0.599. The van der Waals surface area contributed by atoms with Crippen LogP contribution < -0.4 is 16.4 Å². The van der Waals surface area contributed by atoms with Crippen LogP contribution in [0.5, 0.6) is 0 Å². The number of nitrogens with zero attached hydrogens (tertiary/aromatic N) is 2. The lowest BCUT2D eigenvalue weighted by molar-refractivity contribution is 0.585. The zero-order chi connectivity index (χ0) is 9.97. The van der Waals surface area contributed by atoms with Gasteiger partial charge in [-0.15, -0.1) is 0 Å². The number of hydrogen-bond acceptors (Lipinski definition) is 6. The molecule has 1 unspecified atom stereocenters. The highest BCUT2D eigenvalue weighted by atomic mass is 16.3. The maximum atomic E-state index is 5.53. The molecule has 4 N–H and O–H groups in total. The number of guanidine groups is 2. The van der Waals surface area contributed by atoms with E-state index in [1.807, 2.05) is 6.92 Å². The molecule has 74 valence electrons. The van der Waals surface area contributed by atoms with Crippen molar-refractivity contribution in [3.63, 3.8) is 0 Å². The van der Waals surface area contributed by atoms with E-state index in [1.54, 1.807) is 18.4 Å². The van der Waals surface area contributed by atoms with Crippen molar-refractivity contribution < 1.29 is 4.42 Å². The molecule has 6 nitrogen and oxygen atoms in total. The summed E-state index contributed by atoms with van der Waals surface area (Å²) in [7, 11) is 0. The third-order valence-electron chi connectivity index (χ3n) is 1.65. The maximum absolute atomic E-state index is 5.53. The molecule has 1 aromatic rings. The van der Waals surface area contributed by atoms with Crippen LogP contribution in [-0.2, 0) is 0 Å². The first-order valence-electron chi connectivity index (χ1n) is 4.22. The number of aliphatic imine (C=N–C) groups is 2. The van der Waals surface area contributed by atoms with Crippen LogP contribution in [0.1, 0.15) is 6.92 Å². The number of anilines is 1. The summed E-state index contributed by atoms with van der Waals surface area (Å²) in [6.45, 7) is 1.84. The molecule has 1 aliphatic rings. The van der Waals surface area contributed by atoms with Gasteiger partial charge >= 0.3 is 0 Å². The number of rotatable bonds is 1. The summed E-state index contributed by atoms with van der Waals surface area (Å²) in [5.41, 5.74) is 5.53. The molecule has 0 saturated heterocycles. The van der Waals surface area contributed by atoms with E-state index in [1.165, 1.54) is 0 Å². The van der Waals surface area contributed by atoms with E-state index in [4.69, 9.17) is 10.2 Å². The minimum atomic E-state index is -0.172. The normalized spacial score (nSPS) is 20.8. The van der Waals surface area contributed by atoms with Gasteiger partial charge in [0.25, 0.3) is 0 Å². The van der Waals surface area contributed by atoms with Crippen molar-refractivity contribution in [1.29, 1.82) is 0 Å². The summed E-state index contributed by atoms with van der Waals surface area (Å²) >= 11 is 0. The Morgan fingerprint density at radius 1 is 1.57 bits per heavy atom. The first-order chi connectivity index (χ1) is 6.74. The summed E-state index contributed by atoms with van der Waals surface area (Å²) in [6, 6.07) is 3.57. The van der Waals surface area contributed by atoms with E-state index in [9.17, 15) is 0 Å². The van der Waals surface area contributed by atoms with Crippen LogP contribution in [0.4, 0.5) is 5.88 Å². The second kappa shape index (κ2) is 3.41. The van der Waals surface area contributed by atoms with Gasteiger partial charge in [0, 0.05) is 6.07 Å². The lowest BCUT2D eigenvalue weighted by Crippen LogP contribution is -2.44. The van der Waals surface area contributed by atoms with Crippen LogP contribution in [0.3, 0.4) is 0 Å². The van der Waals surface area contributed by atoms with Crippen molar-refractivity contribution in [3.8, 4) is 0 Å². The number of hydrogen-bond donors (Lipinski definition) is 3. The van der Waals surface area contributed by atoms with Crippen molar-refractivity contribution in [3.05, 3.63) is 18.4 Å². The molecule has 0 radical (unpaired) electrons. The third kappa shape index (κ3) is 1.85. The van der Waals surface area contributed by atoms with Crippen LogP contribution in [0.25, 0.3) is 0 Å². The van der Waals surface area contributed by atoms with Gasteiger partial charge in [-0.3, -0.25) is 10.6 Å². The Morgan fingerprint density at radius 3 is 3.07 bits per heavy atom. The van der Waals surface area contributed by atoms with Crippen molar-refractivity contribution in [2.75, 3.05) is 5.32 Å². The zero-order valence-electron chi connectivity index (χ0n) is 7.69. The second-order valence-electron chi connectivity index (χ2n) is 2.85. The van der Waals surface area contributed by atoms with Gasteiger partial charge in [-0.2, -0.15) is 0 Å². The molecule has 1 aliphatic heterocycles. The standard InChI is InChI=1S/C8H11N5O/c1-5-10-7(9)13-8(11-5)12-6-3-2-4-14-6/h2-5H,1H3,(H4,9,10,11,12,13). The van der Waals surface area contributed by atoms with E-state index in [0.29, 0.717) is 17.8 Å². The molecular weight excluding hydrogens is 182 g/mol. The smallest absolute Gasteiger partial charge is 0.207 e. The lowest BCUT2D eigenvalue weighted by atomic mass is 10.5. The average molecular weight is 193 g/mol. The summed E-state index contributed by atoms with van der Waals surface area (Å²) < 4.78 is 5.09. The Hall–Kier alpha value is -1.98. The average Bonchev–Trinajstić information content (AvgIpc) is 2.54.